The summed E-state index contributed by atoms with van der Waals surface area (Å²) in [5.74, 6) is 1.39. The lowest BCUT2D eigenvalue weighted by Crippen LogP contribution is -2.25. The van der Waals surface area contributed by atoms with Gasteiger partial charge in [0, 0.05) is 24.0 Å². The number of hydrogen-bond acceptors (Lipinski definition) is 5. The van der Waals surface area contributed by atoms with Gasteiger partial charge in [-0.15, -0.1) is 0 Å². The molecule has 1 aromatic heterocycles. The summed E-state index contributed by atoms with van der Waals surface area (Å²) in [6.07, 6.45) is 3.53. The zero-order chi connectivity index (χ0) is 23.8. The molecule has 0 unspecified atom stereocenters. The van der Waals surface area contributed by atoms with Crippen molar-refractivity contribution in [2.45, 2.75) is 38.6 Å². The highest BCUT2D eigenvalue weighted by Crippen LogP contribution is 2.27. The van der Waals surface area contributed by atoms with Gasteiger partial charge in [0.15, 0.2) is 16.3 Å². The molecule has 1 amide bonds. The molecule has 0 aliphatic carbocycles. The monoisotopic (exact) mass is 533 g/mol. The molecule has 0 spiro atoms. The number of ether oxygens (including phenoxy) is 2. The van der Waals surface area contributed by atoms with E-state index < -0.39 is 0 Å². The molecule has 33 heavy (non-hydrogen) atoms. The minimum atomic E-state index is -0.0945. The van der Waals surface area contributed by atoms with Gasteiger partial charge in [-0.3, -0.25) is 14.2 Å². The molecule has 0 atom stereocenters. The van der Waals surface area contributed by atoms with E-state index in [1.54, 1.807) is 24.9 Å². The second-order valence-electron chi connectivity index (χ2n) is 7.68. The van der Waals surface area contributed by atoms with Gasteiger partial charge in [-0.2, -0.15) is 0 Å². The van der Waals surface area contributed by atoms with E-state index in [2.05, 4.69) is 26.2 Å². The van der Waals surface area contributed by atoms with Crippen LogP contribution in [0, 0.1) is 4.77 Å². The van der Waals surface area contributed by atoms with Crippen LogP contribution in [0.3, 0.4) is 0 Å². The Hall–Kier alpha value is -2.65. The van der Waals surface area contributed by atoms with E-state index in [0.717, 1.165) is 34.8 Å². The summed E-state index contributed by atoms with van der Waals surface area (Å²) in [5.41, 5.74) is 1.70. The van der Waals surface area contributed by atoms with Crippen LogP contribution in [0.4, 0.5) is 0 Å². The van der Waals surface area contributed by atoms with Crippen LogP contribution in [0.5, 0.6) is 11.5 Å². The Morgan fingerprint density at radius 3 is 2.64 bits per heavy atom. The van der Waals surface area contributed by atoms with Gasteiger partial charge in [-0.25, -0.2) is 0 Å². The van der Waals surface area contributed by atoms with Gasteiger partial charge in [0.2, 0.25) is 5.91 Å². The first-order chi connectivity index (χ1) is 15.9. The molecule has 0 bridgehead atoms. The van der Waals surface area contributed by atoms with Crippen molar-refractivity contribution >= 4 is 45.0 Å². The Morgan fingerprint density at radius 1 is 1.09 bits per heavy atom. The molecule has 3 aromatic rings. The fraction of sp³-hybridized carbons (Fsp3) is 0.375. The van der Waals surface area contributed by atoms with E-state index in [0.29, 0.717) is 47.6 Å². The number of methoxy groups -OCH3 is 2. The maximum absolute atomic E-state index is 12.8. The number of nitrogens with zero attached hydrogens (tertiary/aromatic N) is 1. The third-order valence-electron chi connectivity index (χ3n) is 5.41. The number of unbranched alkanes of at least 4 members (excludes halogenated alkanes) is 2. The van der Waals surface area contributed by atoms with Gasteiger partial charge in [0.05, 0.1) is 25.1 Å². The number of aromatic amines is 1. The zero-order valence-corrected chi connectivity index (χ0v) is 21.2. The van der Waals surface area contributed by atoms with Crippen LogP contribution in [0.25, 0.3) is 10.9 Å². The number of carbonyl (C=O) groups is 1. The number of halogens is 1. The number of aromatic nitrogens is 2. The number of rotatable bonds is 11. The Balaban J connectivity index is 1.40. The normalized spacial score (nSPS) is 10.9. The van der Waals surface area contributed by atoms with Gasteiger partial charge in [-0.1, -0.05) is 28.4 Å². The van der Waals surface area contributed by atoms with Crippen molar-refractivity contribution in [3.63, 3.8) is 0 Å². The lowest BCUT2D eigenvalue weighted by Gasteiger charge is -2.10. The summed E-state index contributed by atoms with van der Waals surface area (Å²) in [6, 6.07) is 11.3. The molecule has 2 N–H and O–H groups in total. The number of nitrogens with one attached hydrogen (secondary N) is 2. The summed E-state index contributed by atoms with van der Waals surface area (Å²) >= 11 is 8.76. The highest BCUT2D eigenvalue weighted by atomic mass is 79.9. The number of fused-ring (bicyclic) bond motifs is 1. The van der Waals surface area contributed by atoms with Crippen molar-refractivity contribution in [2.75, 3.05) is 20.8 Å². The molecule has 176 valence electrons. The summed E-state index contributed by atoms with van der Waals surface area (Å²) in [7, 11) is 3.21. The summed E-state index contributed by atoms with van der Waals surface area (Å²) < 4.78 is 13.4. The number of H-pyrrole nitrogens is 1. The predicted molar refractivity (Wildman–Crippen MR) is 136 cm³/mol. The van der Waals surface area contributed by atoms with Crippen LogP contribution in [0.1, 0.15) is 31.2 Å². The van der Waals surface area contributed by atoms with Crippen LogP contribution in [0.15, 0.2) is 45.7 Å². The van der Waals surface area contributed by atoms with Crippen molar-refractivity contribution < 1.29 is 14.3 Å². The second kappa shape index (κ2) is 12.0. The highest BCUT2D eigenvalue weighted by Gasteiger charge is 2.08. The third-order valence-corrected chi connectivity index (χ3v) is 6.23. The average molecular weight is 534 g/mol. The average Bonchev–Trinajstić information content (AvgIpc) is 2.81. The Bertz CT molecular complexity index is 1240. The Morgan fingerprint density at radius 2 is 1.88 bits per heavy atom. The first-order valence-corrected chi connectivity index (χ1v) is 12.0. The largest absolute Gasteiger partial charge is 0.493 e. The van der Waals surface area contributed by atoms with E-state index >= 15 is 0 Å². The van der Waals surface area contributed by atoms with Crippen LogP contribution in [-0.2, 0) is 17.8 Å². The van der Waals surface area contributed by atoms with Crippen LogP contribution in [0.2, 0.25) is 0 Å². The van der Waals surface area contributed by atoms with Gasteiger partial charge in [0.1, 0.15) is 0 Å². The molecule has 0 saturated carbocycles. The molecule has 0 aliphatic rings. The highest BCUT2D eigenvalue weighted by molar-refractivity contribution is 9.10. The van der Waals surface area contributed by atoms with Crippen molar-refractivity contribution in [2.24, 2.45) is 0 Å². The lowest BCUT2D eigenvalue weighted by molar-refractivity contribution is -0.121. The molecule has 7 nitrogen and oxygen atoms in total. The third kappa shape index (κ3) is 6.68. The number of hydrogen-bond donors (Lipinski definition) is 2. The molecule has 3 rings (SSSR count). The van der Waals surface area contributed by atoms with Crippen LogP contribution >= 0.6 is 28.1 Å². The summed E-state index contributed by atoms with van der Waals surface area (Å²) in [4.78, 5) is 28.0. The van der Waals surface area contributed by atoms with Gasteiger partial charge < -0.3 is 19.8 Å². The topological polar surface area (TPSA) is 85.4 Å². The second-order valence-corrected chi connectivity index (χ2v) is 8.98. The molecular weight excluding hydrogens is 506 g/mol. The maximum Gasteiger partial charge on any atom is 0.262 e. The van der Waals surface area contributed by atoms with Crippen molar-refractivity contribution in [1.29, 1.82) is 0 Å². The SMILES string of the molecule is COc1ccc(CCNC(=O)CCCCCn2c(=S)[nH]c3ccc(Br)cc3c2=O)cc1OC. The molecule has 0 saturated heterocycles. The van der Waals surface area contributed by atoms with E-state index in [9.17, 15) is 9.59 Å². The standard InChI is InChI=1S/C24H28BrN3O4S/c1-31-20-10-7-16(14-21(20)32-2)11-12-26-22(29)6-4-3-5-13-28-23(30)18-15-17(25)8-9-19(18)27-24(28)33/h7-10,14-15H,3-6,11-13H2,1-2H3,(H,26,29)(H,27,33). The van der Waals surface area contributed by atoms with Gasteiger partial charge >= 0.3 is 0 Å². The maximum atomic E-state index is 12.8. The van der Waals surface area contributed by atoms with Crippen molar-refractivity contribution in [3.8, 4) is 11.5 Å². The summed E-state index contributed by atoms with van der Waals surface area (Å²) in [6.45, 7) is 1.09. The smallest absolute Gasteiger partial charge is 0.262 e. The Labute approximate surface area is 206 Å². The molecular formula is C24H28BrN3O4S. The summed E-state index contributed by atoms with van der Waals surface area (Å²) in [5, 5.41) is 3.56. The number of amides is 1. The van der Waals surface area contributed by atoms with Gasteiger partial charge in [0.25, 0.3) is 5.56 Å². The van der Waals surface area contributed by atoms with Crippen molar-refractivity contribution in [1.82, 2.24) is 14.9 Å². The Kier molecular flexibility index (Phi) is 9.08. The van der Waals surface area contributed by atoms with Crippen LogP contribution in [-0.4, -0.2) is 36.2 Å². The lowest BCUT2D eigenvalue weighted by atomic mass is 10.1. The van der Waals surface area contributed by atoms with Crippen LogP contribution < -0.4 is 20.3 Å². The van der Waals surface area contributed by atoms with Gasteiger partial charge in [-0.05, 0) is 67.4 Å². The number of benzene rings is 2. The predicted octanol–water partition coefficient (Wildman–Crippen LogP) is 4.76. The quantitative estimate of drug-likeness (QED) is 0.274. The minimum absolute atomic E-state index is 0.0282. The first kappa shape index (κ1) is 25.0. The van der Waals surface area contributed by atoms with E-state index in [4.69, 9.17) is 21.7 Å². The zero-order valence-electron chi connectivity index (χ0n) is 18.8. The fourth-order valence-corrected chi connectivity index (χ4v) is 4.27. The molecule has 0 aliphatic heterocycles. The molecule has 1 heterocycles. The minimum Gasteiger partial charge on any atom is -0.493 e. The fourth-order valence-electron chi connectivity index (χ4n) is 3.63. The molecule has 9 heteroatoms. The molecule has 0 fully saturated rings. The van der Waals surface area contributed by atoms with E-state index in [1.165, 1.54) is 0 Å². The van der Waals surface area contributed by atoms with E-state index in [-0.39, 0.29) is 11.5 Å². The first-order valence-electron chi connectivity index (χ1n) is 10.8. The molecule has 2 aromatic carbocycles. The van der Waals surface area contributed by atoms with E-state index in [1.807, 2.05) is 30.3 Å². The van der Waals surface area contributed by atoms with Crippen molar-refractivity contribution in [3.05, 3.63) is 61.6 Å². The number of carbonyl (C=O) groups excluding carboxylic acids is 1. The molecule has 0 radical (unpaired) electrons.